The number of carbonyl (C=O) groups excluding carboxylic acids is 1. The van der Waals surface area contributed by atoms with Crippen LogP contribution in [0, 0.1) is 5.92 Å². The Morgan fingerprint density at radius 3 is 2.95 bits per heavy atom. The molecule has 0 saturated carbocycles. The van der Waals surface area contributed by atoms with Crippen molar-refractivity contribution in [3.8, 4) is 11.3 Å². The van der Waals surface area contributed by atoms with E-state index < -0.39 is 0 Å². The molecule has 0 radical (unpaired) electrons. The van der Waals surface area contributed by atoms with Gasteiger partial charge in [0.05, 0.1) is 11.3 Å². The first-order chi connectivity index (χ1) is 9.74. The van der Waals surface area contributed by atoms with Gasteiger partial charge in [-0.15, -0.1) is 0 Å². The molecule has 1 saturated heterocycles. The highest BCUT2D eigenvalue weighted by Crippen LogP contribution is 2.21. The first-order valence-corrected chi connectivity index (χ1v) is 7.96. The minimum Gasteiger partial charge on any atom is -0.338 e. The summed E-state index contributed by atoms with van der Waals surface area (Å²) in [6.07, 6.45) is 4.03. The summed E-state index contributed by atoms with van der Waals surface area (Å²) in [5.74, 6) is 0.714. The fourth-order valence-corrected chi connectivity index (χ4v) is 3.31. The van der Waals surface area contributed by atoms with Crippen molar-refractivity contribution in [3.63, 3.8) is 0 Å². The maximum Gasteiger partial charge on any atom is 0.255 e. The molecule has 0 aliphatic carbocycles. The lowest BCUT2D eigenvalue weighted by Crippen LogP contribution is -2.39. The van der Waals surface area contributed by atoms with E-state index in [1.807, 2.05) is 28.5 Å². The zero-order valence-electron chi connectivity index (χ0n) is 11.6. The Morgan fingerprint density at radius 2 is 2.30 bits per heavy atom. The maximum atomic E-state index is 12.4. The van der Waals surface area contributed by atoms with Crippen molar-refractivity contribution in [1.82, 2.24) is 9.88 Å². The van der Waals surface area contributed by atoms with Crippen LogP contribution in [0.5, 0.6) is 0 Å². The third-order valence-corrected chi connectivity index (χ3v) is 4.45. The Bertz CT molecular complexity index is 577. The number of carbonyl (C=O) groups is 1. The SMILES string of the molecule is CC1CCCN(C(=O)c2ccc(-c3ccsc3)nc2)C1. The lowest BCUT2D eigenvalue weighted by atomic mass is 10.00. The van der Waals surface area contributed by atoms with Crippen molar-refractivity contribution in [1.29, 1.82) is 0 Å². The Morgan fingerprint density at radius 1 is 1.40 bits per heavy atom. The Kier molecular flexibility index (Phi) is 3.83. The standard InChI is InChI=1S/C16H18N2OS/c1-12-3-2-7-18(10-12)16(19)13-4-5-15(17-9-13)14-6-8-20-11-14/h4-6,8-9,11-12H,2-3,7,10H2,1H3. The van der Waals surface area contributed by atoms with Crippen molar-refractivity contribution in [2.75, 3.05) is 13.1 Å². The monoisotopic (exact) mass is 286 g/mol. The van der Waals surface area contributed by atoms with Crippen molar-refractivity contribution in [2.45, 2.75) is 19.8 Å². The van der Waals surface area contributed by atoms with Crippen LogP contribution >= 0.6 is 11.3 Å². The van der Waals surface area contributed by atoms with Crippen molar-refractivity contribution in [3.05, 3.63) is 40.7 Å². The average Bonchev–Trinajstić information content (AvgIpc) is 3.01. The number of pyridine rings is 1. The zero-order valence-corrected chi connectivity index (χ0v) is 12.4. The Balaban J connectivity index is 1.75. The largest absolute Gasteiger partial charge is 0.338 e. The van der Waals surface area contributed by atoms with Gasteiger partial charge in [0.25, 0.3) is 5.91 Å². The molecule has 104 valence electrons. The van der Waals surface area contributed by atoms with Crippen LogP contribution in [-0.4, -0.2) is 28.9 Å². The summed E-state index contributed by atoms with van der Waals surface area (Å²) in [5.41, 5.74) is 2.73. The minimum absolute atomic E-state index is 0.112. The molecular formula is C16H18N2OS. The van der Waals surface area contributed by atoms with Crippen LogP contribution in [0.1, 0.15) is 30.1 Å². The Hall–Kier alpha value is -1.68. The van der Waals surface area contributed by atoms with E-state index in [9.17, 15) is 4.79 Å². The fourth-order valence-electron chi connectivity index (χ4n) is 2.66. The number of likely N-dealkylation sites (tertiary alicyclic amines) is 1. The van der Waals surface area contributed by atoms with Crippen LogP contribution in [0.3, 0.4) is 0 Å². The van der Waals surface area contributed by atoms with E-state index in [0.29, 0.717) is 11.5 Å². The number of hydrogen-bond acceptors (Lipinski definition) is 3. The van der Waals surface area contributed by atoms with Crippen LogP contribution in [0.2, 0.25) is 0 Å². The predicted octanol–water partition coefficient (Wildman–Crippen LogP) is 3.68. The molecule has 20 heavy (non-hydrogen) atoms. The van der Waals surface area contributed by atoms with Gasteiger partial charge in [-0.2, -0.15) is 11.3 Å². The predicted molar refractivity (Wildman–Crippen MR) is 81.9 cm³/mol. The third kappa shape index (κ3) is 2.75. The highest BCUT2D eigenvalue weighted by molar-refractivity contribution is 7.08. The van der Waals surface area contributed by atoms with Gasteiger partial charge < -0.3 is 4.90 Å². The molecule has 3 rings (SSSR count). The topological polar surface area (TPSA) is 33.2 Å². The molecule has 1 atom stereocenters. The van der Waals surface area contributed by atoms with Gasteiger partial charge >= 0.3 is 0 Å². The van der Waals surface area contributed by atoms with Crippen LogP contribution < -0.4 is 0 Å². The fraction of sp³-hybridized carbons (Fsp3) is 0.375. The smallest absolute Gasteiger partial charge is 0.255 e. The molecule has 2 aromatic heterocycles. The molecule has 1 fully saturated rings. The molecule has 0 bridgehead atoms. The number of rotatable bonds is 2. The van der Waals surface area contributed by atoms with Gasteiger partial charge in [0.2, 0.25) is 0 Å². The number of nitrogens with zero attached hydrogens (tertiary/aromatic N) is 2. The number of hydrogen-bond donors (Lipinski definition) is 0. The molecule has 1 aliphatic rings. The van der Waals surface area contributed by atoms with Gasteiger partial charge in [0, 0.05) is 30.2 Å². The Labute approximate surface area is 123 Å². The summed E-state index contributed by atoms with van der Waals surface area (Å²) in [6.45, 7) is 3.94. The molecule has 0 N–H and O–H groups in total. The van der Waals surface area contributed by atoms with E-state index in [1.54, 1.807) is 17.5 Å². The van der Waals surface area contributed by atoms with Gasteiger partial charge in [-0.1, -0.05) is 6.92 Å². The summed E-state index contributed by atoms with van der Waals surface area (Å²) >= 11 is 1.65. The summed E-state index contributed by atoms with van der Waals surface area (Å²) in [5, 5.41) is 4.10. The molecule has 1 unspecified atom stereocenters. The van der Waals surface area contributed by atoms with E-state index in [2.05, 4.69) is 17.3 Å². The number of thiophene rings is 1. The summed E-state index contributed by atoms with van der Waals surface area (Å²) in [4.78, 5) is 18.8. The first-order valence-electron chi connectivity index (χ1n) is 7.02. The van der Waals surface area contributed by atoms with E-state index in [0.717, 1.165) is 30.8 Å². The molecule has 1 aliphatic heterocycles. The van der Waals surface area contributed by atoms with Crippen LogP contribution in [-0.2, 0) is 0 Å². The molecule has 3 nitrogen and oxygen atoms in total. The first kappa shape index (κ1) is 13.3. The average molecular weight is 286 g/mol. The normalized spacial score (nSPS) is 19.1. The second-order valence-corrected chi connectivity index (χ2v) is 6.22. The number of amides is 1. The second kappa shape index (κ2) is 5.75. The molecular weight excluding hydrogens is 268 g/mol. The molecule has 0 aromatic carbocycles. The van der Waals surface area contributed by atoms with Gasteiger partial charge in [0.1, 0.15) is 0 Å². The van der Waals surface area contributed by atoms with Crippen molar-refractivity contribution < 1.29 is 4.79 Å². The number of piperidine rings is 1. The highest BCUT2D eigenvalue weighted by atomic mass is 32.1. The van der Waals surface area contributed by atoms with Gasteiger partial charge in [-0.25, -0.2) is 0 Å². The van der Waals surface area contributed by atoms with Crippen LogP contribution in [0.15, 0.2) is 35.2 Å². The lowest BCUT2D eigenvalue weighted by molar-refractivity contribution is 0.0682. The van der Waals surface area contributed by atoms with Gasteiger partial charge in [-0.3, -0.25) is 9.78 Å². The van der Waals surface area contributed by atoms with Crippen molar-refractivity contribution in [2.24, 2.45) is 5.92 Å². The van der Waals surface area contributed by atoms with Crippen LogP contribution in [0.4, 0.5) is 0 Å². The molecule has 3 heterocycles. The summed E-state index contributed by atoms with van der Waals surface area (Å²) < 4.78 is 0. The lowest BCUT2D eigenvalue weighted by Gasteiger charge is -2.30. The van der Waals surface area contributed by atoms with Crippen LogP contribution in [0.25, 0.3) is 11.3 Å². The quantitative estimate of drug-likeness (QED) is 0.843. The third-order valence-electron chi connectivity index (χ3n) is 3.77. The van der Waals surface area contributed by atoms with E-state index in [1.165, 1.54) is 6.42 Å². The molecule has 1 amide bonds. The molecule has 2 aromatic rings. The maximum absolute atomic E-state index is 12.4. The molecule has 0 spiro atoms. The minimum atomic E-state index is 0.112. The highest BCUT2D eigenvalue weighted by Gasteiger charge is 2.22. The molecule has 4 heteroatoms. The van der Waals surface area contributed by atoms with Crippen molar-refractivity contribution >= 4 is 17.2 Å². The van der Waals surface area contributed by atoms with E-state index in [-0.39, 0.29) is 5.91 Å². The summed E-state index contributed by atoms with van der Waals surface area (Å²) in [6, 6.07) is 5.87. The summed E-state index contributed by atoms with van der Waals surface area (Å²) in [7, 11) is 0. The second-order valence-electron chi connectivity index (χ2n) is 5.44. The number of aromatic nitrogens is 1. The van der Waals surface area contributed by atoms with E-state index >= 15 is 0 Å². The van der Waals surface area contributed by atoms with E-state index in [4.69, 9.17) is 0 Å². The van der Waals surface area contributed by atoms with Gasteiger partial charge in [-0.05, 0) is 42.3 Å². The van der Waals surface area contributed by atoms with Gasteiger partial charge in [0.15, 0.2) is 0 Å². The zero-order chi connectivity index (χ0) is 13.9.